The number of amides is 1. The topological polar surface area (TPSA) is 53.0 Å². The van der Waals surface area contributed by atoms with Crippen LogP contribution in [0.5, 0.6) is 0 Å². The summed E-state index contributed by atoms with van der Waals surface area (Å²) in [7, 11) is 0. The first-order chi connectivity index (χ1) is 11.3. The Bertz CT molecular complexity index is 570. The molecule has 0 aliphatic carbocycles. The van der Waals surface area contributed by atoms with Gasteiger partial charge in [0, 0.05) is 32.1 Å². The van der Waals surface area contributed by atoms with Crippen LogP contribution in [0, 0.1) is 5.92 Å². The van der Waals surface area contributed by atoms with Gasteiger partial charge in [0.05, 0.1) is 12.1 Å². The molecule has 24 heavy (non-hydrogen) atoms. The zero-order valence-corrected chi connectivity index (χ0v) is 14.8. The third-order valence-electron chi connectivity index (χ3n) is 4.85. The first-order valence-electron chi connectivity index (χ1n) is 8.77. The Balaban J connectivity index is 1.69. The highest BCUT2D eigenvalue weighted by Crippen LogP contribution is 2.32. The van der Waals surface area contributed by atoms with Gasteiger partial charge in [-0.2, -0.15) is 0 Å². The molecule has 1 aromatic rings. The van der Waals surface area contributed by atoms with Crippen LogP contribution in [0.2, 0.25) is 0 Å². The van der Waals surface area contributed by atoms with Gasteiger partial charge in [0.15, 0.2) is 0 Å². The Labute approximate surface area is 144 Å². The third kappa shape index (κ3) is 3.90. The summed E-state index contributed by atoms with van der Waals surface area (Å²) in [6, 6.07) is 10.4. The first-order valence-corrected chi connectivity index (χ1v) is 8.77. The van der Waals surface area contributed by atoms with E-state index in [-0.39, 0.29) is 24.2 Å². The quantitative estimate of drug-likeness (QED) is 0.904. The van der Waals surface area contributed by atoms with Crippen molar-refractivity contribution in [1.29, 1.82) is 0 Å². The molecule has 2 fully saturated rings. The van der Waals surface area contributed by atoms with Crippen molar-refractivity contribution in [3.8, 4) is 0 Å². The maximum Gasteiger partial charge on any atom is 0.410 e. The van der Waals surface area contributed by atoms with Crippen LogP contribution in [0.4, 0.5) is 4.79 Å². The molecule has 0 bridgehead atoms. The number of carbonyl (C=O) groups is 1. The fraction of sp³-hybridized carbons (Fsp3) is 0.632. The van der Waals surface area contributed by atoms with E-state index in [9.17, 15) is 9.90 Å². The van der Waals surface area contributed by atoms with Crippen LogP contribution < -0.4 is 0 Å². The van der Waals surface area contributed by atoms with E-state index in [2.05, 4.69) is 17.0 Å². The van der Waals surface area contributed by atoms with Crippen molar-refractivity contribution in [2.75, 3.05) is 19.6 Å². The van der Waals surface area contributed by atoms with Gasteiger partial charge >= 0.3 is 6.09 Å². The highest BCUT2D eigenvalue weighted by Gasteiger charge is 2.46. The standard InChI is InChI=1S/C19H28N2O3/c1-19(2,3)24-18(23)21-10-9-17(22)15-12-20(13-16(15)21)11-14-7-5-4-6-8-14/h4-8,15-17,22H,9-13H2,1-3H3/t15-,16+,17+/m0/s1. The van der Waals surface area contributed by atoms with Gasteiger partial charge in [-0.15, -0.1) is 0 Å². The molecular weight excluding hydrogens is 304 g/mol. The summed E-state index contributed by atoms with van der Waals surface area (Å²) in [6.07, 6.45) is 0.0278. The highest BCUT2D eigenvalue weighted by atomic mass is 16.6. The predicted molar refractivity (Wildman–Crippen MR) is 92.6 cm³/mol. The number of nitrogens with zero attached hydrogens (tertiary/aromatic N) is 2. The molecule has 0 unspecified atom stereocenters. The fourth-order valence-corrected chi connectivity index (χ4v) is 3.77. The number of hydrogen-bond donors (Lipinski definition) is 1. The molecule has 2 aliphatic rings. The maximum absolute atomic E-state index is 12.5. The summed E-state index contributed by atoms with van der Waals surface area (Å²) in [5.74, 6) is 0.106. The largest absolute Gasteiger partial charge is 0.444 e. The van der Waals surface area contributed by atoms with Gasteiger partial charge in [0.25, 0.3) is 0 Å². The van der Waals surface area contributed by atoms with E-state index in [0.29, 0.717) is 13.0 Å². The molecule has 1 N–H and O–H groups in total. The number of likely N-dealkylation sites (tertiary alicyclic amines) is 2. The van der Waals surface area contributed by atoms with Crippen molar-refractivity contribution < 1.29 is 14.6 Å². The van der Waals surface area contributed by atoms with Crippen LogP contribution in [0.25, 0.3) is 0 Å². The molecule has 0 saturated carbocycles. The lowest BCUT2D eigenvalue weighted by Gasteiger charge is -2.40. The van der Waals surface area contributed by atoms with Crippen molar-refractivity contribution in [2.24, 2.45) is 5.92 Å². The molecular formula is C19H28N2O3. The monoisotopic (exact) mass is 332 g/mol. The van der Waals surface area contributed by atoms with E-state index >= 15 is 0 Å². The van der Waals surface area contributed by atoms with Gasteiger partial charge in [-0.05, 0) is 32.8 Å². The Morgan fingerprint density at radius 2 is 1.96 bits per heavy atom. The van der Waals surface area contributed by atoms with Crippen LogP contribution in [0.1, 0.15) is 32.8 Å². The Kier molecular flexibility index (Phi) is 4.83. The van der Waals surface area contributed by atoms with Crippen molar-refractivity contribution in [2.45, 2.75) is 51.5 Å². The van der Waals surface area contributed by atoms with Crippen molar-refractivity contribution in [3.63, 3.8) is 0 Å². The zero-order chi connectivity index (χ0) is 17.3. The van der Waals surface area contributed by atoms with E-state index in [4.69, 9.17) is 4.74 Å². The second kappa shape index (κ2) is 6.73. The Morgan fingerprint density at radius 3 is 2.62 bits per heavy atom. The molecule has 132 valence electrons. The summed E-state index contributed by atoms with van der Waals surface area (Å²) >= 11 is 0. The summed E-state index contributed by atoms with van der Waals surface area (Å²) in [5, 5.41) is 10.4. The second-order valence-electron chi connectivity index (χ2n) is 7.94. The van der Waals surface area contributed by atoms with Crippen LogP contribution in [-0.4, -0.2) is 58.4 Å². The molecule has 0 aromatic heterocycles. The molecule has 2 saturated heterocycles. The average molecular weight is 332 g/mol. The minimum Gasteiger partial charge on any atom is -0.444 e. The molecule has 2 aliphatic heterocycles. The predicted octanol–water partition coefficient (Wildman–Crippen LogP) is 2.49. The van der Waals surface area contributed by atoms with E-state index in [0.717, 1.165) is 19.6 Å². The molecule has 0 radical (unpaired) electrons. The average Bonchev–Trinajstić information content (AvgIpc) is 2.91. The number of piperidine rings is 1. The Hall–Kier alpha value is -1.59. The maximum atomic E-state index is 12.5. The van der Waals surface area contributed by atoms with Crippen LogP contribution in [-0.2, 0) is 11.3 Å². The van der Waals surface area contributed by atoms with Gasteiger partial charge < -0.3 is 14.7 Å². The lowest BCUT2D eigenvalue weighted by molar-refractivity contribution is -0.0219. The van der Waals surface area contributed by atoms with Gasteiger partial charge in [-0.1, -0.05) is 30.3 Å². The smallest absolute Gasteiger partial charge is 0.410 e. The third-order valence-corrected chi connectivity index (χ3v) is 4.85. The van der Waals surface area contributed by atoms with Crippen molar-refractivity contribution >= 4 is 6.09 Å². The number of fused-ring (bicyclic) bond motifs is 1. The normalized spacial score (nSPS) is 27.8. The molecule has 2 heterocycles. The molecule has 0 spiro atoms. The summed E-state index contributed by atoms with van der Waals surface area (Å²) in [5.41, 5.74) is 0.764. The van der Waals surface area contributed by atoms with E-state index in [1.807, 2.05) is 43.9 Å². The number of hydrogen-bond acceptors (Lipinski definition) is 4. The van der Waals surface area contributed by atoms with Crippen LogP contribution >= 0.6 is 0 Å². The fourth-order valence-electron chi connectivity index (χ4n) is 3.77. The lowest BCUT2D eigenvalue weighted by Crippen LogP contribution is -2.54. The number of rotatable bonds is 2. The Morgan fingerprint density at radius 1 is 1.25 bits per heavy atom. The van der Waals surface area contributed by atoms with Crippen LogP contribution in [0.3, 0.4) is 0 Å². The molecule has 1 amide bonds. The SMILES string of the molecule is CC(C)(C)OC(=O)N1CC[C@@H](O)[C@H]2CN(Cc3ccccc3)C[C@H]21. The molecule has 3 atom stereocenters. The van der Waals surface area contributed by atoms with E-state index in [1.165, 1.54) is 5.56 Å². The van der Waals surface area contributed by atoms with Crippen molar-refractivity contribution in [3.05, 3.63) is 35.9 Å². The number of benzene rings is 1. The number of aliphatic hydroxyl groups is 1. The number of carbonyl (C=O) groups excluding carboxylic acids is 1. The van der Waals surface area contributed by atoms with E-state index in [1.54, 1.807) is 0 Å². The van der Waals surface area contributed by atoms with Crippen LogP contribution in [0.15, 0.2) is 30.3 Å². The summed E-state index contributed by atoms with van der Waals surface area (Å²) < 4.78 is 5.56. The molecule has 3 rings (SSSR count). The first kappa shape index (κ1) is 17.2. The minimum atomic E-state index is -0.495. The molecule has 5 heteroatoms. The minimum absolute atomic E-state index is 0.0345. The van der Waals surface area contributed by atoms with Crippen molar-refractivity contribution in [1.82, 2.24) is 9.80 Å². The summed E-state index contributed by atoms with van der Waals surface area (Å²) in [6.45, 7) is 8.68. The van der Waals surface area contributed by atoms with Gasteiger partial charge in [0.1, 0.15) is 5.60 Å². The second-order valence-corrected chi connectivity index (χ2v) is 7.94. The highest BCUT2D eigenvalue weighted by molar-refractivity contribution is 5.69. The van der Waals surface area contributed by atoms with Gasteiger partial charge in [0.2, 0.25) is 0 Å². The zero-order valence-electron chi connectivity index (χ0n) is 14.8. The summed E-state index contributed by atoms with van der Waals surface area (Å²) in [4.78, 5) is 16.7. The lowest BCUT2D eigenvalue weighted by atomic mass is 9.89. The molecule has 1 aromatic carbocycles. The number of aliphatic hydroxyl groups excluding tert-OH is 1. The van der Waals surface area contributed by atoms with Gasteiger partial charge in [-0.25, -0.2) is 4.79 Å². The number of ether oxygens (including phenoxy) is 1. The van der Waals surface area contributed by atoms with Gasteiger partial charge in [-0.3, -0.25) is 4.90 Å². The van der Waals surface area contributed by atoms with E-state index < -0.39 is 5.60 Å². The molecule has 5 nitrogen and oxygen atoms in total.